The summed E-state index contributed by atoms with van der Waals surface area (Å²) in [5.41, 5.74) is 2.93. The molecule has 0 aliphatic heterocycles. The molecular formula is C14H13ClFN. The fraction of sp³-hybridized carbons (Fsp3) is 0.143. The van der Waals surface area contributed by atoms with Crippen molar-refractivity contribution in [2.24, 2.45) is 0 Å². The molecule has 0 saturated carbocycles. The van der Waals surface area contributed by atoms with Gasteiger partial charge in [-0.05, 0) is 48.4 Å². The summed E-state index contributed by atoms with van der Waals surface area (Å²) in [5, 5.41) is 3.98. The van der Waals surface area contributed by atoms with E-state index < -0.39 is 0 Å². The molecule has 0 unspecified atom stereocenters. The van der Waals surface area contributed by atoms with Gasteiger partial charge >= 0.3 is 0 Å². The second-order valence-corrected chi connectivity index (χ2v) is 4.38. The van der Waals surface area contributed by atoms with Gasteiger partial charge in [-0.25, -0.2) is 4.39 Å². The minimum Gasteiger partial charge on any atom is -0.381 e. The maximum atomic E-state index is 12.9. The van der Waals surface area contributed by atoms with Crippen molar-refractivity contribution in [3.8, 4) is 0 Å². The van der Waals surface area contributed by atoms with Crippen LogP contribution in [0.25, 0.3) is 0 Å². The van der Waals surface area contributed by atoms with Gasteiger partial charge in [0.25, 0.3) is 0 Å². The van der Waals surface area contributed by atoms with Gasteiger partial charge < -0.3 is 5.32 Å². The van der Waals surface area contributed by atoms with Crippen LogP contribution < -0.4 is 5.32 Å². The molecular weight excluding hydrogens is 237 g/mol. The standard InChI is InChI=1S/C14H13ClFN/c1-10-7-13(16)5-6-14(10)17-9-11-3-2-4-12(15)8-11/h2-8,17H,9H2,1H3. The number of benzene rings is 2. The van der Waals surface area contributed by atoms with Crippen LogP contribution in [0.15, 0.2) is 42.5 Å². The van der Waals surface area contributed by atoms with Gasteiger partial charge in [-0.1, -0.05) is 23.7 Å². The van der Waals surface area contributed by atoms with Gasteiger partial charge in [0, 0.05) is 17.3 Å². The lowest BCUT2D eigenvalue weighted by atomic mass is 10.1. The molecule has 0 aliphatic rings. The highest BCUT2D eigenvalue weighted by Crippen LogP contribution is 2.17. The van der Waals surface area contributed by atoms with E-state index in [1.54, 1.807) is 6.07 Å². The molecule has 1 nitrogen and oxygen atoms in total. The average molecular weight is 250 g/mol. The molecule has 0 amide bonds. The van der Waals surface area contributed by atoms with Crippen LogP contribution in [0.4, 0.5) is 10.1 Å². The highest BCUT2D eigenvalue weighted by Gasteiger charge is 2.00. The van der Waals surface area contributed by atoms with E-state index in [1.165, 1.54) is 12.1 Å². The van der Waals surface area contributed by atoms with Crippen LogP contribution in [0.3, 0.4) is 0 Å². The predicted octanol–water partition coefficient (Wildman–Crippen LogP) is 4.40. The van der Waals surface area contributed by atoms with Crippen LogP contribution in [0.5, 0.6) is 0 Å². The van der Waals surface area contributed by atoms with E-state index in [0.717, 1.165) is 21.8 Å². The molecule has 0 spiro atoms. The number of anilines is 1. The Morgan fingerprint density at radius 1 is 1.18 bits per heavy atom. The smallest absolute Gasteiger partial charge is 0.123 e. The van der Waals surface area contributed by atoms with Gasteiger partial charge in [-0.3, -0.25) is 0 Å². The summed E-state index contributed by atoms with van der Waals surface area (Å²) in [7, 11) is 0. The normalized spacial score (nSPS) is 10.3. The number of aryl methyl sites for hydroxylation is 1. The molecule has 17 heavy (non-hydrogen) atoms. The summed E-state index contributed by atoms with van der Waals surface area (Å²) in [6.07, 6.45) is 0. The van der Waals surface area contributed by atoms with Gasteiger partial charge in [-0.2, -0.15) is 0 Å². The van der Waals surface area contributed by atoms with Crippen molar-refractivity contribution in [3.05, 3.63) is 64.4 Å². The van der Waals surface area contributed by atoms with E-state index in [2.05, 4.69) is 5.32 Å². The zero-order valence-electron chi connectivity index (χ0n) is 9.50. The maximum absolute atomic E-state index is 12.9. The lowest BCUT2D eigenvalue weighted by molar-refractivity contribution is 0.627. The first-order valence-corrected chi connectivity index (χ1v) is 5.77. The number of nitrogens with one attached hydrogen (secondary N) is 1. The number of rotatable bonds is 3. The van der Waals surface area contributed by atoms with Gasteiger partial charge in [0.2, 0.25) is 0 Å². The molecule has 88 valence electrons. The summed E-state index contributed by atoms with van der Waals surface area (Å²) in [5.74, 6) is -0.212. The first-order chi connectivity index (χ1) is 8.15. The van der Waals surface area contributed by atoms with E-state index in [4.69, 9.17) is 11.6 Å². The molecule has 2 aromatic carbocycles. The third-order valence-corrected chi connectivity index (χ3v) is 2.80. The third kappa shape index (κ3) is 3.21. The lowest BCUT2D eigenvalue weighted by Crippen LogP contribution is -2.01. The topological polar surface area (TPSA) is 12.0 Å². The zero-order valence-corrected chi connectivity index (χ0v) is 10.3. The van der Waals surface area contributed by atoms with Crippen molar-refractivity contribution in [1.82, 2.24) is 0 Å². The largest absolute Gasteiger partial charge is 0.381 e. The molecule has 0 atom stereocenters. The molecule has 2 aromatic rings. The summed E-state index contributed by atoms with van der Waals surface area (Å²) >= 11 is 5.90. The summed E-state index contributed by atoms with van der Waals surface area (Å²) in [6.45, 7) is 2.55. The highest BCUT2D eigenvalue weighted by atomic mass is 35.5. The van der Waals surface area contributed by atoms with Gasteiger partial charge in [0.1, 0.15) is 5.82 Å². The van der Waals surface area contributed by atoms with Crippen molar-refractivity contribution in [1.29, 1.82) is 0 Å². The first kappa shape index (κ1) is 11.9. The predicted molar refractivity (Wildman–Crippen MR) is 69.9 cm³/mol. The number of hydrogen-bond donors (Lipinski definition) is 1. The monoisotopic (exact) mass is 249 g/mol. The zero-order chi connectivity index (χ0) is 12.3. The molecule has 0 heterocycles. The molecule has 0 aromatic heterocycles. The van der Waals surface area contributed by atoms with Crippen LogP contribution in [0.1, 0.15) is 11.1 Å². The highest BCUT2D eigenvalue weighted by molar-refractivity contribution is 6.30. The van der Waals surface area contributed by atoms with Crippen molar-refractivity contribution >= 4 is 17.3 Å². The van der Waals surface area contributed by atoms with Gasteiger partial charge in [-0.15, -0.1) is 0 Å². The van der Waals surface area contributed by atoms with Crippen LogP contribution in [-0.4, -0.2) is 0 Å². The van der Waals surface area contributed by atoms with Gasteiger partial charge in [0.15, 0.2) is 0 Å². The molecule has 2 rings (SSSR count). The summed E-state index contributed by atoms with van der Waals surface area (Å²) < 4.78 is 12.9. The molecule has 1 N–H and O–H groups in total. The molecule has 3 heteroatoms. The van der Waals surface area contributed by atoms with Crippen LogP contribution >= 0.6 is 11.6 Å². The third-order valence-electron chi connectivity index (χ3n) is 2.56. The number of halogens is 2. The Balaban J connectivity index is 2.07. The molecule has 0 bridgehead atoms. The minimum atomic E-state index is -0.212. The molecule has 0 aliphatic carbocycles. The SMILES string of the molecule is Cc1cc(F)ccc1NCc1cccc(Cl)c1. The quantitative estimate of drug-likeness (QED) is 0.850. The van der Waals surface area contributed by atoms with Crippen molar-refractivity contribution in [2.75, 3.05) is 5.32 Å². The lowest BCUT2D eigenvalue weighted by Gasteiger charge is -2.09. The van der Waals surface area contributed by atoms with Crippen molar-refractivity contribution in [3.63, 3.8) is 0 Å². The van der Waals surface area contributed by atoms with E-state index >= 15 is 0 Å². The average Bonchev–Trinajstić information content (AvgIpc) is 2.28. The Hall–Kier alpha value is -1.54. The van der Waals surface area contributed by atoms with Crippen molar-refractivity contribution < 1.29 is 4.39 Å². The fourth-order valence-corrected chi connectivity index (χ4v) is 1.88. The first-order valence-electron chi connectivity index (χ1n) is 5.39. The summed E-state index contributed by atoms with van der Waals surface area (Å²) in [4.78, 5) is 0. The molecule has 0 saturated heterocycles. The molecule has 0 fully saturated rings. The van der Waals surface area contributed by atoms with E-state index in [9.17, 15) is 4.39 Å². The Labute approximate surface area is 105 Å². The van der Waals surface area contributed by atoms with Gasteiger partial charge in [0.05, 0.1) is 0 Å². The van der Waals surface area contributed by atoms with E-state index in [0.29, 0.717) is 6.54 Å². The second-order valence-electron chi connectivity index (χ2n) is 3.94. The number of hydrogen-bond acceptors (Lipinski definition) is 1. The second kappa shape index (κ2) is 5.19. The fourth-order valence-electron chi connectivity index (χ4n) is 1.67. The Morgan fingerprint density at radius 3 is 2.71 bits per heavy atom. The van der Waals surface area contributed by atoms with E-state index in [1.807, 2.05) is 31.2 Å². The summed E-state index contributed by atoms with van der Waals surface area (Å²) in [6, 6.07) is 12.4. The van der Waals surface area contributed by atoms with E-state index in [-0.39, 0.29) is 5.82 Å². The minimum absolute atomic E-state index is 0.212. The Kier molecular flexibility index (Phi) is 3.64. The van der Waals surface area contributed by atoms with Crippen LogP contribution in [-0.2, 0) is 6.54 Å². The molecule has 0 radical (unpaired) electrons. The van der Waals surface area contributed by atoms with Crippen molar-refractivity contribution in [2.45, 2.75) is 13.5 Å². The Bertz CT molecular complexity index is 525. The van der Waals surface area contributed by atoms with Crippen LogP contribution in [0, 0.1) is 12.7 Å². The Morgan fingerprint density at radius 2 is 2.00 bits per heavy atom. The maximum Gasteiger partial charge on any atom is 0.123 e. The van der Waals surface area contributed by atoms with Crippen LogP contribution in [0.2, 0.25) is 5.02 Å².